The van der Waals surface area contributed by atoms with Gasteiger partial charge in [0.05, 0.1) is 5.02 Å². The zero-order valence-electron chi connectivity index (χ0n) is 8.22. The van der Waals surface area contributed by atoms with E-state index in [-0.39, 0.29) is 5.82 Å². The van der Waals surface area contributed by atoms with Gasteiger partial charge in [0.25, 0.3) is 0 Å². The molecule has 2 aromatic rings. The average Bonchev–Trinajstić information content (AvgIpc) is 2.20. The van der Waals surface area contributed by atoms with Crippen LogP contribution < -0.4 is 0 Å². The van der Waals surface area contributed by atoms with E-state index < -0.39 is 0 Å². The minimum Gasteiger partial charge on any atom is -0.207 e. The summed E-state index contributed by atoms with van der Waals surface area (Å²) in [6, 6.07) is 13.2. The van der Waals surface area contributed by atoms with Gasteiger partial charge in [-0.15, -0.1) is 0 Å². The number of rotatable bonds is 1. The lowest BCUT2D eigenvalue weighted by molar-refractivity contribution is 0.628. The fourth-order valence-electron chi connectivity index (χ4n) is 1.52. The van der Waals surface area contributed by atoms with Crippen molar-refractivity contribution in [1.82, 2.24) is 0 Å². The zero-order valence-corrected chi connectivity index (χ0v) is 8.98. The van der Waals surface area contributed by atoms with Crippen molar-refractivity contribution in [3.8, 4) is 11.1 Å². The van der Waals surface area contributed by atoms with Crippen molar-refractivity contribution in [2.75, 3.05) is 0 Å². The normalized spacial score (nSPS) is 10.3. The molecule has 0 saturated heterocycles. The van der Waals surface area contributed by atoms with E-state index in [9.17, 15) is 4.39 Å². The molecule has 0 spiro atoms. The van der Waals surface area contributed by atoms with Crippen LogP contribution in [0.15, 0.2) is 36.4 Å². The maximum atomic E-state index is 12.9. The number of halogens is 2. The van der Waals surface area contributed by atoms with Crippen LogP contribution in [-0.2, 0) is 0 Å². The van der Waals surface area contributed by atoms with Gasteiger partial charge in [0.1, 0.15) is 5.82 Å². The topological polar surface area (TPSA) is 0 Å². The van der Waals surface area contributed by atoms with Gasteiger partial charge in [-0.25, -0.2) is 4.39 Å². The number of hydrogen-bond donors (Lipinski definition) is 0. The average molecular weight is 220 g/mol. The van der Waals surface area contributed by atoms with Gasteiger partial charge < -0.3 is 0 Å². The van der Waals surface area contributed by atoms with Crippen molar-refractivity contribution in [3.05, 3.63) is 58.9 Å². The fourth-order valence-corrected chi connectivity index (χ4v) is 1.79. The monoisotopic (exact) mass is 219 g/mol. The molecule has 0 saturated carbocycles. The smallest absolute Gasteiger partial charge is 0.124 e. The number of benzene rings is 2. The number of hydrogen-bond acceptors (Lipinski definition) is 0. The molecule has 0 atom stereocenters. The second kappa shape index (κ2) is 4.03. The third-order valence-electron chi connectivity index (χ3n) is 2.28. The lowest BCUT2D eigenvalue weighted by atomic mass is 10.0. The van der Waals surface area contributed by atoms with Gasteiger partial charge in [0.15, 0.2) is 0 Å². The first-order valence-corrected chi connectivity index (χ1v) is 4.99. The highest BCUT2D eigenvalue weighted by Gasteiger charge is 2.06. The Balaban J connectivity index is 2.60. The van der Waals surface area contributed by atoms with E-state index in [1.807, 2.05) is 25.1 Å². The summed E-state index contributed by atoms with van der Waals surface area (Å²) >= 11 is 5.98. The SMILES string of the molecule is Cc1[c]cccc1-c1ccc(F)cc1Cl. The first-order chi connectivity index (χ1) is 7.18. The third-order valence-corrected chi connectivity index (χ3v) is 2.60. The van der Waals surface area contributed by atoms with Gasteiger partial charge in [-0.05, 0) is 42.3 Å². The molecule has 0 aliphatic carbocycles. The van der Waals surface area contributed by atoms with Crippen molar-refractivity contribution in [2.45, 2.75) is 6.92 Å². The van der Waals surface area contributed by atoms with Gasteiger partial charge in [0.2, 0.25) is 0 Å². The predicted molar refractivity (Wildman–Crippen MR) is 60.4 cm³/mol. The molecule has 0 aliphatic rings. The van der Waals surface area contributed by atoms with E-state index in [1.165, 1.54) is 12.1 Å². The van der Waals surface area contributed by atoms with E-state index in [2.05, 4.69) is 6.07 Å². The van der Waals surface area contributed by atoms with Crippen molar-refractivity contribution in [2.24, 2.45) is 0 Å². The maximum absolute atomic E-state index is 12.9. The molecule has 0 heterocycles. The highest BCUT2D eigenvalue weighted by molar-refractivity contribution is 6.33. The van der Waals surface area contributed by atoms with Gasteiger partial charge in [-0.2, -0.15) is 0 Å². The van der Waals surface area contributed by atoms with Crippen LogP contribution in [0.4, 0.5) is 4.39 Å². The molecular weight excluding hydrogens is 211 g/mol. The summed E-state index contributed by atoms with van der Waals surface area (Å²) in [4.78, 5) is 0. The third kappa shape index (κ3) is 2.02. The molecule has 0 aliphatic heterocycles. The van der Waals surface area contributed by atoms with Gasteiger partial charge in [-0.1, -0.05) is 29.8 Å². The molecule has 2 rings (SSSR count). The summed E-state index contributed by atoms with van der Waals surface area (Å²) in [6.07, 6.45) is 0. The molecule has 0 unspecified atom stereocenters. The lowest BCUT2D eigenvalue weighted by Crippen LogP contribution is -1.85. The minimum absolute atomic E-state index is 0.318. The Bertz CT molecular complexity index is 492. The van der Waals surface area contributed by atoms with Gasteiger partial charge in [0, 0.05) is 5.56 Å². The molecule has 0 fully saturated rings. The Morgan fingerprint density at radius 1 is 1.20 bits per heavy atom. The minimum atomic E-state index is -0.318. The molecule has 0 N–H and O–H groups in total. The second-order valence-electron chi connectivity index (χ2n) is 3.33. The van der Waals surface area contributed by atoms with E-state index in [1.54, 1.807) is 6.07 Å². The standard InChI is InChI=1S/C13H9ClF/c1-9-4-2-3-5-11(9)12-7-6-10(15)8-13(12)14/h2-3,5-8H,1H3. The lowest BCUT2D eigenvalue weighted by Gasteiger charge is -2.07. The molecule has 2 aromatic carbocycles. The molecule has 0 bridgehead atoms. The summed E-state index contributed by atoms with van der Waals surface area (Å²) in [5.74, 6) is -0.318. The number of aryl methyl sites for hydroxylation is 1. The van der Waals surface area contributed by atoms with Crippen molar-refractivity contribution in [3.63, 3.8) is 0 Å². The van der Waals surface area contributed by atoms with Crippen LogP contribution >= 0.6 is 11.6 Å². The van der Waals surface area contributed by atoms with E-state index in [0.717, 1.165) is 16.7 Å². The van der Waals surface area contributed by atoms with Crippen molar-refractivity contribution < 1.29 is 4.39 Å². The first-order valence-electron chi connectivity index (χ1n) is 4.61. The summed E-state index contributed by atoms with van der Waals surface area (Å²) < 4.78 is 12.9. The molecule has 75 valence electrons. The molecule has 2 heteroatoms. The Morgan fingerprint density at radius 3 is 2.67 bits per heavy atom. The highest BCUT2D eigenvalue weighted by atomic mass is 35.5. The molecule has 0 amide bonds. The summed E-state index contributed by atoms with van der Waals surface area (Å²) in [6.45, 7) is 1.95. The molecule has 1 radical (unpaired) electrons. The van der Waals surface area contributed by atoms with Crippen LogP contribution in [0, 0.1) is 18.8 Å². The van der Waals surface area contributed by atoms with Crippen molar-refractivity contribution >= 4 is 11.6 Å². The Labute approximate surface area is 93.3 Å². The second-order valence-corrected chi connectivity index (χ2v) is 3.74. The summed E-state index contributed by atoms with van der Waals surface area (Å²) in [5.41, 5.74) is 2.83. The molecule has 15 heavy (non-hydrogen) atoms. The molecule has 0 nitrogen and oxygen atoms in total. The molecule has 0 aromatic heterocycles. The predicted octanol–water partition coefficient (Wildman–Crippen LogP) is 4.25. The Hall–Kier alpha value is -1.34. The van der Waals surface area contributed by atoms with Gasteiger partial charge >= 0.3 is 0 Å². The Morgan fingerprint density at radius 2 is 2.00 bits per heavy atom. The van der Waals surface area contributed by atoms with Crippen molar-refractivity contribution in [1.29, 1.82) is 0 Å². The van der Waals surface area contributed by atoms with Crippen LogP contribution in [0.1, 0.15) is 5.56 Å². The maximum Gasteiger partial charge on any atom is 0.124 e. The van der Waals surface area contributed by atoms with Crippen LogP contribution in [0.25, 0.3) is 11.1 Å². The van der Waals surface area contributed by atoms with E-state index in [0.29, 0.717) is 5.02 Å². The first kappa shape index (κ1) is 10.2. The van der Waals surface area contributed by atoms with Crippen LogP contribution in [0.3, 0.4) is 0 Å². The Kier molecular flexibility index (Phi) is 2.74. The molecular formula is C13H9ClF. The fraction of sp³-hybridized carbons (Fsp3) is 0.0769. The van der Waals surface area contributed by atoms with Crippen LogP contribution in [-0.4, -0.2) is 0 Å². The highest BCUT2D eigenvalue weighted by Crippen LogP contribution is 2.30. The largest absolute Gasteiger partial charge is 0.207 e. The quantitative estimate of drug-likeness (QED) is 0.673. The summed E-state index contributed by atoms with van der Waals surface area (Å²) in [7, 11) is 0. The van der Waals surface area contributed by atoms with E-state index in [4.69, 9.17) is 11.6 Å². The van der Waals surface area contributed by atoms with E-state index >= 15 is 0 Å². The van der Waals surface area contributed by atoms with Gasteiger partial charge in [-0.3, -0.25) is 0 Å². The van der Waals surface area contributed by atoms with Crippen LogP contribution in [0.5, 0.6) is 0 Å². The zero-order chi connectivity index (χ0) is 10.8. The summed E-state index contributed by atoms with van der Waals surface area (Å²) in [5, 5.41) is 0.428. The van der Waals surface area contributed by atoms with Crippen LogP contribution in [0.2, 0.25) is 5.02 Å².